The van der Waals surface area contributed by atoms with E-state index in [0.717, 1.165) is 83.5 Å². The highest BCUT2D eigenvalue weighted by molar-refractivity contribution is 7.47. The van der Waals surface area contributed by atoms with Crippen LogP contribution in [0.1, 0.15) is 213 Å². The molecule has 0 bridgehead atoms. The number of ether oxygens (including phenoxy) is 2. The molecule has 11 heteroatoms. The Balaban J connectivity index is 4.19. The van der Waals surface area contributed by atoms with E-state index in [0.29, 0.717) is 13.0 Å². The Kier molecular flexibility index (Phi) is 43.4. The molecule has 10 nitrogen and oxygen atoms in total. The third kappa shape index (κ3) is 44.0. The third-order valence-corrected chi connectivity index (χ3v) is 11.3. The molecule has 0 aliphatic rings. The number of carbonyl (C=O) groups excluding carboxylic acids is 1. The van der Waals surface area contributed by atoms with Crippen LogP contribution in [-0.4, -0.2) is 60.5 Å². The first-order valence-electron chi connectivity index (χ1n) is 24.2. The number of carbonyl (C=O) groups is 2. The molecular weight excluding hydrogens is 778 g/mol. The van der Waals surface area contributed by atoms with Gasteiger partial charge < -0.3 is 25.2 Å². The number of phosphoric ester groups is 1. The average molecular weight is 868 g/mol. The normalized spacial score (nSPS) is 14.2. The van der Waals surface area contributed by atoms with Crippen molar-refractivity contribution in [3.63, 3.8) is 0 Å². The standard InChI is InChI=1S/C49H90NO9P/c1-3-5-7-9-11-13-15-17-19-21-23-25-27-29-31-33-35-37-39-41-48(51)59-46(44-57-60(54,55)58-45-47(50)49(52)53)43-56-42-40-38-36-34-32-30-28-26-24-22-20-18-16-14-12-10-8-6-4-2/h5,7,11,13,17,19,23,25,46-47H,3-4,6,8-10,12,14-16,18,20-22,24,26-45,50H2,1-2H3,(H,52,53)(H,54,55)/b7-5-,13-11-,19-17-,25-23-. The first kappa shape index (κ1) is 57.9. The number of hydrogen-bond acceptors (Lipinski definition) is 8. The minimum Gasteiger partial charge on any atom is -0.480 e. The monoisotopic (exact) mass is 868 g/mol. The highest BCUT2D eigenvalue weighted by atomic mass is 31.2. The summed E-state index contributed by atoms with van der Waals surface area (Å²) < 4.78 is 33.5. The molecule has 0 saturated carbocycles. The number of hydrogen-bond donors (Lipinski definition) is 3. The maximum atomic E-state index is 12.7. The number of carboxylic acids is 1. The number of unbranched alkanes of at least 4 members (excludes halogenated alkanes) is 24. The number of esters is 1. The zero-order valence-corrected chi connectivity index (χ0v) is 39.2. The highest BCUT2D eigenvalue weighted by Gasteiger charge is 2.27. The van der Waals surface area contributed by atoms with Crippen molar-refractivity contribution in [2.24, 2.45) is 5.73 Å². The van der Waals surface area contributed by atoms with Gasteiger partial charge in [0.2, 0.25) is 0 Å². The molecule has 0 saturated heterocycles. The number of carboxylic acid groups (broad SMARTS) is 1. The summed E-state index contributed by atoms with van der Waals surface area (Å²) in [7, 11) is -4.62. The van der Waals surface area contributed by atoms with Crippen LogP contribution >= 0.6 is 7.82 Å². The summed E-state index contributed by atoms with van der Waals surface area (Å²) in [6, 6.07) is -1.48. The molecule has 0 aromatic carbocycles. The Morgan fingerprint density at radius 1 is 0.550 bits per heavy atom. The van der Waals surface area contributed by atoms with Crippen LogP contribution in [0, 0.1) is 0 Å². The van der Waals surface area contributed by atoms with Crippen molar-refractivity contribution >= 4 is 19.8 Å². The van der Waals surface area contributed by atoms with E-state index in [2.05, 4.69) is 62.5 Å². The lowest BCUT2D eigenvalue weighted by Crippen LogP contribution is -2.34. The minimum absolute atomic E-state index is 0.0126. The maximum Gasteiger partial charge on any atom is 0.472 e. The summed E-state index contributed by atoms with van der Waals surface area (Å²) in [6.45, 7) is 3.78. The van der Waals surface area contributed by atoms with Gasteiger partial charge in [0.05, 0.1) is 19.8 Å². The lowest BCUT2D eigenvalue weighted by atomic mass is 10.0. The fraction of sp³-hybridized carbons (Fsp3) is 0.796. The zero-order valence-electron chi connectivity index (χ0n) is 38.3. The van der Waals surface area contributed by atoms with Gasteiger partial charge in [0.25, 0.3) is 0 Å². The SMILES string of the molecule is CC/C=C\C/C=C\C/C=C\C/C=C\CCCCCCCCC(=O)OC(COCCCCCCCCCCCCCCCCCCCCC)COP(=O)(O)OCC(N)C(=O)O. The Bertz CT molecular complexity index is 1140. The molecule has 0 spiro atoms. The zero-order chi connectivity index (χ0) is 44.0. The van der Waals surface area contributed by atoms with Crippen LogP contribution in [0.2, 0.25) is 0 Å². The Morgan fingerprint density at radius 2 is 0.967 bits per heavy atom. The van der Waals surface area contributed by atoms with Crippen molar-refractivity contribution in [1.29, 1.82) is 0 Å². The molecule has 0 rings (SSSR count). The Labute approximate surface area is 367 Å². The van der Waals surface area contributed by atoms with E-state index in [9.17, 15) is 19.0 Å². The Morgan fingerprint density at radius 3 is 1.45 bits per heavy atom. The minimum atomic E-state index is -4.62. The third-order valence-electron chi connectivity index (χ3n) is 10.4. The molecule has 0 amide bonds. The molecule has 0 aliphatic heterocycles. The molecule has 0 radical (unpaired) electrons. The van der Waals surface area contributed by atoms with Gasteiger partial charge in [-0.1, -0.05) is 204 Å². The first-order chi connectivity index (χ1) is 29.2. The first-order valence-corrected chi connectivity index (χ1v) is 25.7. The number of nitrogens with two attached hydrogens (primary N) is 1. The van der Waals surface area contributed by atoms with Crippen molar-refractivity contribution in [2.75, 3.05) is 26.4 Å². The molecule has 60 heavy (non-hydrogen) atoms. The summed E-state index contributed by atoms with van der Waals surface area (Å²) in [5.74, 6) is -1.79. The number of aliphatic carboxylic acids is 1. The number of rotatable bonds is 46. The van der Waals surface area contributed by atoms with Crippen LogP contribution in [0.25, 0.3) is 0 Å². The molecule has 0 fully saturated rings. The molecule has 0 aromatic rings. The second kappa shape index (κ2) is 45.0. The van der Waals surface area contributed by atoms with E-state index < -0.39 is 45.1 Å². The molecule has 3 unspecified atom stereocenters. The van der Waals surface area contributed by atoms with Gasteiger partial charge in [-0.3, -0.25) is 18.6 Å². The van der Waals surface area contributed by atoms with Crippen LogP contribution in [0.5, 0.6) is 0 Å². The van der Waals surface area contributed by atoms with E-state index in [1.165, 1.54) is 103 Å². The van der Waals surface area contributed by atoms with Crippen LogP contribution in [0.3, 0.4) is 0 Å². The van der Waals surface area contributed by atoms with Crippen molar-refractivity contribution in [1.82, 2.24) is 0 Å². The smallest absolute Gasteiger partial charge is 0.472 e. The van der Waals surface area contributed by atoms with Crippen LogP contribution < -0.4 is 5.73 Å². The molecule has 0 heterocycles. The fourth-order valence-electron chi connectivity index (χ4n) is 6.65. The summed E-state index contributed by atoms with van der Waals surface area (Å²) >= 11 is 0. The van der Waals surface area contributed by atoms with Crippen molar-refractivity contribution < 1.29 is 42.7 Å². The quantitative estimate of drug-likeness (QED) is 0.0233. The molecule has 0 aromatic heterocycles. The summed E-state index contributed by atoms with van der Waals surface area (Å²) in [5, 5.41) is 8.92. The molecule has 4 N–H and O–H groups in total. The molecular formula is C49H90NO9P. The molecule has 3 atom stereocenters. The topological polar surface area (TPSA) is 155 Å². The fourth-order valence-corrected chi connectivity index (χ4v) is 7.43. The number of allylic oxidation sites excluding steroid dienone is 8. The van der Waals surface area contributed by atoms with Crippen molar-refractivity contribution in [3.05, 3.63) is 48.6 Å². The second-order valence-electron chi connectivity index (χ2n) is 16.2. The van der Waals surface area contributed by atoms with Gasteiger partial charge in [-0.15, -0.1) is 0 Å². The lowest BCUT2D eigenvalue weighted by Gasteiger charge is -2.20. The van der Waals surface area contributed by atoms with Gasteiger partial charge in [0.1, 0.15) is 12.1 Å². The summed E-state index contributed by atoms with van der Waals surface area (Å²) in [5.41, 5.74) is 5.37. The highest BCUT2D eigenvalue weighted by Crippen LogP contribution is 2.43. The summed E-state index contributed by atoms with van der Waals surface area (Å²) in [6.07, 6.45) is 53.0. The average Bonchev–Trinajstić information content (AvgIpc) is 3.23. The van der Waals surface area contributed by atoms with Gasteiger partial charge in [-0.2, -0.15) is 0 Å². The van der Waals surface area contributed by atoms with Gasteiger partial charge in [0.15, 0.2) is 0 Å². The largest absolute Gasteiger partial charge is 0.480 e. The number of phosphoric acid groups is 1. The van der Waals surface area contributed by atoms with Crippen LogP contribution in [0.4, 0.5) is 0 Å². The summed E-state index contributed by atoms with van der Waals surface area (Å²) in [4.78, 5) is 33.6. The predicted octanol–water partition coefficient (Wildman–Crippen LogP) is 13.8. The van der Waals surface area contributed by atoms with Crippen molar-refractivity contribution in [3.8, 4) is 0 Å². The van der Waals surface area contributed by atoms with Crippen LogP contribution in [-0.2, 0) is 32.7 Å². The van der Waals surface area contributed by atoms with E-state index in [1.54, 1.807) is 0 Å². The Hall–Kier alpha value is -2.07. The van der Waals surface area contributed by atoms with Gasteiger partial charge in [0, 0.05) is 13.0 Å². The van der Waals surface area contributed by atoms with E-state index in [-0.39, 0.29) is 13.0 Å². The van der Waals surface area contributed by atoms with Crippen molar-refractivity contribution in [2.45, 2.75) is 225 Å². The van der Waals surface area contributed by atoms with Gasteiger partial charge in [-0.05, 0) is 51.4 Å². The van der Waals surface area contributed by atoms with Gasteiger partial charge >= 0.3 is 19.8 Å². The van der Waals surface area contributed by atoms with E-state index in [4.69, 9.17) is 29.4 Å². The second-order valence-corrected chi connectivity index (χ2v) is 17.7. The maximum absolute atomic E-state index is 12.7. The van der Waals surface area contributed by atoms with Gasteiger partial charge in [-0.25, -0.2) is 4.57 Å². The molecule has 350 valence electrons. The van der Waals surface area contributed by atoms with Crippen LogP contribution in [0.15, 0.2) is 48.6 Å². The molecule has 0 aliphatic carbocycles. The predicted molar refractivity (Wildman–Crippen MR) is 249 cm³/mol. The van der Waals surface area contributed by atoms with E-state index in [1.807, 2.05) is 0 Å². The lowest BCUT2D eigenvalue weighted by molar-refractivity contribution is -0.154. The van der Waals surface area contributed by atoms with E-state index >= 15 is 0 Å².